The predicted molar refractivity (Wildman–Crippen MR) is 181 cm³/mol. The van der Waals surface area contributed by atoms with E-state index in [9.17, 15) is 15.6 Å². The number of nitriles is 2. The molecule has 4 heterocycles. The number of benzene rings is 2. The van der Waals surface area contributed by atoms with Crippen molar-refractivity contribution in [2.45, 2.75) is 81.3 Å². The first-order valence-corrected chi connectivity index (χ1v) is 17.6. The zero-order valence-corrected chi connectivity index (χ0v) is 28.1. The van der Waals surface area contributed by atoms with E-state index in [1.54, 1.807) is 0 Å². The van der Waals surface area contributed by atoms with Crippen molar-refractivity contribution in [3.63, 3.8) is 0 Å². The van der Waals surface area contributed by atoms with Gasteiger partial charge < -0.3 is 33.9 Å². The monoisotopic (exact) mass is 644 g/mol. The third-order valence-electron chi connectivity index (χ3n) is 10.4. The second-order valence-electron chi connectivity index (χ2n) is 13.4. The third kappa shape index (κ3) is 9.47. The quantitative estimate of drug-likeness (QED) is 0.348. The summed E-state index contributed by atoms with van der Waals surface area (Å²) in [7, 11) is 0. The maximum atomic E-state index is 9.63. The minimum absolute atomic E-state index is 0.156. The van der Waals surface area contributed by atoms with Gasteiger partial charge >= 0.3 is 0 Å². The molecule has 0 amide bonds. The van der Waals surface area contributed by atoms with Crippen LogP contribution < -0.4 is 9.47 Å². The van der Waals surface area contributed by atoms with Gasteiger partial charge in [0, 0.05) is 59.2 Å². The average Bonchev–Trinajstić information content (AvgIpc) is 3.56. The molecule has 4 fully saturated rings. The van der Waals surface area contributed by atoms with E-state index in [1.165, 1.54) is 0 Å². The van der Waals surface area contributed by atoms with E-state index in [4.69, 9.17) is 18.9 Å². The summed E-state index contributed by atoms with van der Waals surface area (Å²) in [5.74, 6) is 1.77. The van der Waals surface area contributed by atoms with Crippen LogP contribution in [0.5, 0.6) is 11.5 Å². The summed E-state index contributed by atoms with van der Waals surface area (Å²) in [6.45, 7) is 11.6. The van der Waals surface area contributed by atoms with E-state index in [2.05, 4.69) is 41.0 Å². The van der Waals surface area contributed by atoms with E-state index < -0.39 is 5.41 Å². The summed E-state index contributed by atoms with van der Waals surface area (Å²) in [6.07, 6.45) is 7.24. The van der Waals surface area contributed by atoms with Gasteiger partial charge in [-0.3, -0.25) is 0 Å². The second-order valence-corrected chi connectivity index (χ2v) is 13.4. The van der Waals surface area contributed by atoms with Gasteiger partial charge in [-0.25, -0.2) is 0 Å². The number of likely N-dealkylation sites (tertiary alicyclic amines) is 2. The van der Waals surface area contributed by atoms with Crippen molar-refractivity contribution in [2.24, 2.45) is 0 Å². The van der Waals surface area contributed by atoms with Gasteiger partial charge in [-0.15, -0.1) is 0 Å². The molecule has 0 bridgehead atoms. The SMILES string of the molecule is CCN1CCC(Oc2ccc(C3(C#N)CCOCC3)cc2)CC1.N#CC1(c2ccc(OCCCN3CC[C@@H](O)C3)cc2)CCOCC1. The fourth-order valence-corrected chi connectivity index (χ4v) is 7.12. The highest BCUT2D eigenvalue weighted by Crippen LogP contribution is 2.36. The van der Waals surface area contributed by atoms with Crippen LogP contribution in [0.4, 0.5) is 0 Å². The number of hydrogen-bond donors (Lipinski definition) is 1. The number of nitrogens with zero attached hydrogens (tertiary/aromatic N) is 4. The van der Waals surface area contributed by atoms with Crippen LogP contribution in [0.1, 0.15) is 69.4 Å². The van der Waals surface area contributed by atoms with Crippen LogP contribution in [0.15, 0.2) is 48.5 Å². The summed E-state index contributed by atoms with van der Waals surface area (Å²) >= 11 is 0. The fraction of sp³-hybridized carbons (Fsp3) is 0.632. The predicted octanol–water partition coefficient (Wildman–Crippen LogP) is 5.22. The Balaban J connectivity index is 0.000000185. The largest absolute Gasteiger partial charge is 0.494 e. The Morgan fingerprint density at radius 3 is 1.74 bits per heavy atom. The topological polar surface area (TPSA) is 111 Å². The van der Waals surface area contributed by atoms with Gasteiger partial charge in [0.05, 0.1) is 35.7 Å². The first kappa shape index (κ1) is 35.1. The third-order valence-corrected chi connectivity index (χ3v) is 10.4. The van der Waals surface area contributed by atoms with Crippen LogP contribution in [0.25, 0.3) is 0 Å². The summed E-state index contributed by atoms with van der Waals surface area (Å²) < 4.78 is 22.7. The Bertz CT molecular complexity index is 1300. The van der Waals surface area contributed by atoms with Crippen LogP contribution >= 0.6 is 0 Å². The normalized spacial score (nSPS) is 23.1. The molecule has 9 heteroatoms. The number of hydrogen-bond acceptors (Lipinski definition) is 9. The summed E-state index contributed by atoms with van der Waals surface area (Å²) in [6, 6.07) is 21.1. The molecular weight excluding hydrogens is 592 g/mol. The molecule has 47 heavy (non-hydrogen) atoms. The first-order chi connectivity index (χ1) is 23.0. The van der Waals surface area contributed by atoms with Crippen molar-refractivity contribution in [3.05, 3.63) is 59.7 Å². The lowest BCUT2D eigenvalue weighted by Crippen LogP contribution is -2.38. The minimum Gasteiger partial charge on any atom is -0.494 e. The van der Waals surface area contributed by atoms with Crippen LogP contribution in [0, 0.1) is 22.7 Å². The van der Waals surface area contributed by atoms with Gasteiger partial charge in [0.15, 0.2) is 0 Å². The molecule has 4 aliphatic rings. The molecule has 1 atom stereocenters. The lowest BCUT2D eigenvalue weighted by atomic mass is 9.75. The molecule has 4 saturated heterocycles. The molecule has 0 spiro atoms. The van der Waals surface area contributed by atoms with Crippen molar-refractivity contribution in [3.8, 4) is 23.6 Å². The number of β-amino-alcohol motifs (C(OH)–C–C–N with tert-alkyl or cyclic N) is 1. The van der Waals surface area contributed by atoms with Crippen molar-refractivity contribution < 1.29 is 24.1 Å². The highest BCUT2D eigenvalue weighted by Gasteiger charge is 2.35. The van der Waals surface area contributed by atoms with Gasteiger partial charge in [0.25, 0.3) is 0 Å². The molecule has 9 nitrogen and oxygen atoms in total. The molecule has 2 aromatic carbocycles. The molecule has 0 radical (unpaired) electrons. The van der Waals surface area contributed by atoms with Crippen LogP contribution in [0.3, 0.4) is 0 Å². The van der Waals surface area contributed by atoms with Crippen LogP contribution in [-0.4, -0.2) is 99.4 Å². The fourth-order valence-electron chi connectivity index (χ4n) is 7.12. The molecular formula is C38H52N4O5. The number of aliphatic hydroxyl groups is 1. The molecule has 6 rings (SSSR count). The second kappa shape index (κ2) is 17.3. The summed E-state index contributed by atoms with van der Waals surface area (Å²) in [5, 5.41) is 28.7. The maximum Gasteiger partial charge on any atom is 0.119 e. The van der Waals surface area contributed by atoms with Crippen molar-refractivity contribution in [2.75, 3.05) is 72.3 Å². The standard InChI is InChI=1S/C19H26N2O3.C19H26N2O2/c20-15-19(7-12-23-13-8-19)16-2-4-18(5-3-16)24-11-1-9-21-10-6-17(22)14-21;1-2-21-11-7-18(8-12-21)23-17-5-3-16(4-6-17)19(15-20)9-13-22-14-10-19/h2-5,17,22H,1,6-14H2;3-6,18H,2,7-14H2,1H3/t17-;/m1./s1. The number of ether oxygens (including phenoxy) is 4. The lowest BCUT2D eigenvalue weighted by molar-refractivity contribution is 0.0674. The Morgan fingerprint density at radius 2 is 1.28 bits per heavy atom. The highest BCUT2D eigenvalue weighted by atomic mass is 16.5. The summed E-state index contributed by atoms with van der Waals surface area (Å²) in [5.41, 5.74) is 1.36. The Hall–Kier alpha value is -3.18. The van der Waals surface area contributed by atoms with Gasteiger partial charge in [-0.2, -0.15) is 10.5 Å². The van der Waals surface area contributed by atoms with Crippen LogP contribution in [0.2, 0.25) is 0 Å². The molecule has 254 valence electrons. The number of rotatable bonds is 10. The Labute approximate surface area is 281 Å². The molecule has 0 saturated carbocycles. The van der Waals surface area contributed by atoms with Crippen LogP contribution in [-0.2, 0) is 20.3 Å². The van der Waals surface area contributed by atoms with Crippen molar-refractivity contribution in [1.29, 1.82) is 10.5 Å². The Morgan fingerprint density at radius 1 is 0.766 bits per heavy atom. The smallest absolute Gasteiger partial charge is 0.119 e. The zero-order chi connectivity index (χ0) is 33.0. The molecule has 1 N–H and O–H groups in total. The van der Waals surface area contributed by atoms with Gasteiger partial charge in [-0.05, 0) is 93.3 Å². The molecule has 4 aliphatic heterocycles. The maximum absolute atomic E-state index is 9.63. The Kier molecular flexibility index (Phi) is 12.9. The van der Waals surface area contributed by atoms with Gasteiger partial charge in [0.1, 0.15) is 17.6 Å². The number of piperidine rings is 1. The van der Waals surface area contributed by atoms with E-state index in [-0.39, 0.29) is 11.5 Å². The molecule has 2 aromatic rings. The zero-order valence-electron chi connectivity index (χ0n) is 28.1. The highest BCUT2D eigenvalue weighted by molar-refractivity contribution is 5.38. The lowest BCUT2D eigenvalue weighted by Gasteiger charge is -2.32. The minimum atomic E-state index is -0.409. The van der Waals surface area contributed by atoms with E-state index >= 15 is 0 Å². The van der Waals surface area contributed by atoms with E-state index in [0.717, 1.165) is 113 Å². The first-order valence-electron chi connectivity index (χ1n) is 17.6. The molecule has 0 aliphatic carbocycles. The average molecular weight is 645 g/mol. The van der Waals surface area contributed by atoms with E-state index in [1.807, 2.05) is 36.4 Å². The van der Waals surface area contributed by atoms with Crippen molar-refractivity contribution >= 4 is 0 Å². The van der Waals surface area contributed by atoms with Gasteiger partial charge in [0.2, 0.25) is 0 Å². The van der Waals surface area contributed by atoms with Crippen molar-refractivity contribution in [1.82, 2.24) is 9.80 Å². The summed E-state index contributed by atoms with van der Waals surface area (Å²) in [4.78, 5) is 4.74. The van der Waals surface area contributed by atoms with E-state index in [0.29, 0.717) is 39.1 Å². The van der Waals surface area contributed by atoms with Gasteiger partial charge in [-0.1, -0.05) is 31.2 Å². The molecule has 0 unspecified atom stereocenters. The molecule has 0 aromatic heterocycles. The number of aliphatic hydroxyl groups excluding tert-OH is 1.